The largest absolute Gasteiger partial charge is 0.506 e. The number of carbonyl (C=O) groups is 1. The number of hydrogen-bond donors (Lipinski definition) is 2. The SMILES string of the molecule is CCn1c(=O)c(C(=O)NCc2ccc(F)cc2)c(O)c2ccccc21. The quantitative estimate of drug-likeness (QED) is 0.767. The summed E-state index contributed by atoms with van der Waals surface area (Å²) in [4.78, 5) is 25.1. The molecule has 1 aromatic heterocycles. The normalized spacial score (nSPS) is 10.8. The van der Waals surface area contributed by atoms with Gasteiger partial charge in [-0.05, 0) is 36.8 Å². The van der Waals surface area contributed by atoms with Crippen LogP contribution in [0.25, 0.3) is 10.9 Å². The molecule has 0 spiro atoms. The number of rotatable bonds is 4. The Hall–Kier alpha value is -3.15. The first-order valence-electron chi connectivity index (χ1n) is 7.90. The number of nitrogens with zero attached hydrogens (tertiary/aromatic N) is 1. The van der Waals surface area contributed by atoms with Crippen molar-refractivity contribution in [2.24, 2.45) is 0 Å². The molecule has 3 rings (SSSR count). The molecule has 1 heterocycles. The van der Waals surface area contributed by atoms with Crippen LogP contribution in [-0.2, 0) is 13.1 Å². The number of aromatic hydroxyl groups is 1. The summed E-state index contributed by atoms with van der Waals surface area (Å²) in [6.07, 6.45) is 0. The van der Waals surface area contributed by atoms with E-state index in [1.807, 2.05) is 0 Å². The number of halogens is 1. The van der Waals surface area contributed by atoms with Crippen molar-refractivity contribution in [1.82, 2.24) is 9.88 Å². The van der Waals surface area contributed by atoms with Gasteiger partial charge in [-0.3, -0.25) is 9.59 Å². The number of para-hydroxylation sites is 1. The molecule has 0 fully saturated rings. The van der Waals surface area contributed by atoms with Crippen molar-refractivity contribution < 1.29 is 14.3 Å². The molecule has 0 radical (unpaired) electrons. The fourth-order valence-corrected chi connectivity index (χ4v) is 2.78. The first kappa shape index (κ1) is 16.7. The van der Waals surface area contributed by atoms with Gasteiger partial charge in [-0.1, -0.05) is 24.3 Å². The van der Waals surface area contributed by atoms with Gasteiger partial charge in [0.05, 0.1) is 5.52 Å². The van der Waals surface area contributed by atoms with Crippen LogP contribution in [-0.4, -0.2) is 15.6 Å². The maximum atomic E-state index is 12.9. The van der Waals surface area contributed by atoms with E-state index in [0.717, 1.165) is 0 Å². The molecule has 25 heavy (non-hydrogen) atoms. The van der Waals surface area contributed by atoms with E-state index in [0.29, 0.717) is 23.0 Å². The van der Waals surface area contributed by atoms with E-state index in [1.54, 1.807) is 43.3 Å². The van der Waals surface area contributed by atoms with E-state index in [4.69, 9.17) is 0 Å². The van der Waals surface area contributed by atoms with E-state index in [1.165, 1.54) is 16.7 Å². The number of amides is 1. The zero-order valence-corrected chi connectivity index (χ0v) is 13.6. The number of hydrogen-bond acceptors (Lipinski definition) is 3. The first-order chi connectivity index (χ1) is 12.0. The second-order valence-corrected chi connectivity index (χ2v) is 5.60. The van der Waals surface area contributed by atoms with Crippen molar-refractivity contribution in [2.75, 3.05) is 0 Å². The molecule has 0 unspecified atom stereocenters. The smallest absolute Gasteiger partial charge is 0.267 e. The molecule has 0 aliphatic heterocycles. The lowest BCUT2D eigenvalue weighted by molar-refractivity contribution is 0.0946. The highest BCUT2D eigenvalue weighted by molar-refractivity contribution is 6.02. The number of aromatic nitrogens is 1. The van der Waals surface area contributed by atoms with Crippen molar-refractivity contribution >= 4 is 16.8 Å². The summed E-state index contributed by atoms with van der Waals surface area (Å²) < 4.78 is 14.4. The van der Waals surface area contributed by atoms with Gasteiger partial charge in [-0.2, -0.15) is 0 Å². The molecule has 0 saturated heterocycles. The van der Waals surface area contributed by atoms with Crippen molar-refractivity contribution in [3.8, 4) is 5.75 Å². The highest BCUT2D eigenvalue weighted by Crippen LogP contribution is 2.26. The minimum Gasteiger partial charge on any atom is -0.506 e. The topological polar surface area (TPSA) is 71.3 Å². The van der Waals surface area contributed by atoms with Gasteiger partial charge in [0.15, 0.2) is 0 Å². The molecule has 0 aliphatic rings. The van der Waals surface area contributed by atoms with Crippen LogP contribution >= 0.6 is 0 Å². The molecule has 1 amide bonds. The predicted octanol–water partition coefficient (Wildman–Crippen LogP) is 2.80. The van der Waals surface area contributed by atoms with E-state index in [-0.39, 0.29) is 23.7 Å². The number of carbonyl (C=O) groups excluding carboxylic acids is 1. The minimum absolute atomic E-state index is 0.122. The van der Waals surface area contributed by atoms with Crippen molar-refractivity contribution in [3.05, 3.63) is 75.8 Å². The van der Waals surface area contributed by atoms with Gasteiger partial charge in [0.25, 0.3) is 11.5 Å². The number of pyridine rings is 1. The Bertz CT molecular complexity index is 994. The van der Waals surface area contributed by atoms with Crippen LogP contribution in [0, 0.1) is 5.82 Å². The number of aryl methyl sites for hydroxylation is 1. The van der Waals surface area contributed by atoms with Gasteiger partial charge in [0.2, 0.25) is 0 Å². The lowest BCUT2D eigenvalue weighted by atomic mass is 10.1. The lowest BCUT2D eigenvalue weighted by Gasteiger charge is -2.13. The van der Waals surface area contributed by atoms with Crippen LogP contribution in [0.4, 0.5) is 4.39 Å². The van der Waals surface area contributed by atoms with Crippen LogP contribution in [0.15, 0.2) is 53.3 Å². The summed E-state index contributed by atoms with van der Waals surface area (Å²) in [7, 11) is 0. The minimum atomic E-state index is -0.667. The maximum Gasteiger partial charge on any atom is 0.267 e. The highest BCUT2D eigenvalue weighted by Gasteiger charge is 2.21. The summed E-state index contributed by atoms with van der Waals surface area (Å²) in [5, 5.41) is 13.5. The van der Waals surface area contributed by atoms with Crippen LogP contribution in [0.1, 0.15) is 22.8 Å². The van der Waals surface area contributed by atoms with Crippen molar-refractivity contribution in [3.63, 3.8) is 0 Å². The molecule has 2 N–H and O–H groups in total. The van der Waals surface area contributed by atoms with Crippen molar-refractivity contribution in [2.45, 2.75) is 20.0 Å². The molecule has 6 heteroatoms. The van der Waals surface area contributed by atoms with E-state index >= 15 is 0 Å². The van der Waals surface area contributed by atoms with Crippen molar-refractivity contribution in [1.29, 1.82) is 0 Å². The second kappa shape index (κ2) is 6.76. The van der Waals surface area contributed by atoms with E-state index in [9.17, 15) is 19.1 Å². The lowest BCUT2D eigenvalue weighted by Crippen LogP contribution is -2.33. The molecule has 0 aliphatic carbocycles. The summed E-state index contributed by atoms with van der Waals surface area (Å²) in [6, 6.07) is 12.5. The zero-order chi connectivity index (χ0) is 18.0. The standard InChI is InChI=1S/C19H17FN2O3/c1-2-22-15-6-4-3-5-14(15)17(23)16(19(22)25)18(24)21-11-12-7-9-13(20)10-8-12/h3-10,23H,2,11H2,1H3,(H,21,24). The molecule has 128 valence electrons. The first-order valence-corrected chi connectivity index (χ1v) is 7.90. The Balaban J connectivity index is 1.98. The molecule has 2 aromatic carbocycles. The zero-order valence-electron chi connectivity index (χ0n) is 13.6. The van der Waals surface area contributed by atoms with Crippen LogP contribution in [0.2, 0.25) is 0 Å². The molecule has 0 saturated carbocycles. The summed E-state index contributed by atoms with van der Waals surface area (Å²) in [6.45, 7) is 2.29. The molecule has 0 bridgehead atoms. The van der Waals surface area contributed by atoms with E-state index in [2.05, 4.69) is 5.32 Å². The van der Waals surface area contributed by atoms with Gasteiger partial charge >= 0.3 is 0 Å². The Kier molecular flexibility index (Phi) is 4.52. The second-order valence-electron chi connectivity index (χ2n) is 5.60. The third-order valence-electron chi connectivity index (χ3n) is 4.06. The summed E-state index contributed by atoms with van der Waals surface area (Å²) >= 11 is 0. The van der Waals surface area contributed by atoms with Gasteiger partial charge in [0, 0.05) is 18.5 Å². The predicted molar refractivity (Wildman–Crippen MR) is 93.1 cm³/mol. The average Bonchev–Trinajstić information content (AvgIpc) is 2.62. The number of benzene rings is 2. The molecule has 0 atom stereocenters. The average molecular weight is 340 g/mol. The van der Waals surface area contributed by atoms with Gasteiger partial charge in [-0.25, -0.2) is 4.39 Å². The van der Waals surface area contributed by atoms with Gasteiger partial charge in [0.1, 0.15) is 17.1 Å². The molecule has 3 aromatic rings. The molecule has 5 nitrogen and oxygen atoms in total. The number of nitrogens with one attached hydrogen (secondary N) is 1. The third-order valence-corrected chi connectivity index (χ3v) is 4.06. The Morgan fingerprint density at radius 3 is 2.52 bits per heavy atom. The van der Waals surface area contributed by atoms with Gasteiger partial charge in [-0.15, -0.1) is 0 Å². The van der Waals surface area contributed by atoms with Gasteiger partial charge < -0.3 is 15.0 Å². The molecular weight excluding hydrogens is 323 g/mol. The Morgan fingerprint density at radius 2 is 1.84 bits per heavy atom. The van der Waals surface area contributed by atoms with Crippen LogP contribution in [0.3, 0.4) is 0 Å². The monoisotopic (exact) mass is 340 g/mol. The maximum absolute atomic E-state index is 12.9. The Morgan fingerprint density at radius 1 is 1.16 bits per heavy atom. The third kappa shape index (κ3) is 3.10. The molecular formula is C19H17FN2O3. The fourth-order valence-electron chi connectivity index (χ4n) is 2.78. The fraction of sp³-hybridized carbons (Fsp3) is 0.158. The van der Waals surface area contributed by atoms with E-state index < -0.39 is 11.5 Å². The highest BCUT2D eigenvalue weighted by atomic mass is 19.1. The Labute approximate surface area is 143 Å². The van der Waals surface area contributed by atoms with Crippen LogP contribution in [0.5, 0.6) is 5.75 Å². The summed E-state index contributed by atoms with van der Waals surface area (Å²) in [5.74, 6) is -1.37. The van der Waals surface area contributed by atoms with Crippen LogP contribution < -0.4 is 10.9 Å². The number of fused-ring (bicyclic) bond motifs is 1. The summed E-state index contributed by atoms with van der Waals surface area (Å²) in [5.41, 5.74) is 0.423.